The van der Waals surface area contributed by atoms with Gasteiger partial charge in [-0.2, -0.15) is 0 Å². The molecular formula is C15H24N2O. The normalized spacial score (nSPS) is 16.9. The average Bonchev–Trinajstić information content (AvgIpc) is 3.05. The minimum Gasteiger partial charge on any atom is -0.491 e. The molecule has 18 heavy (non-hydrogen) atoms. The highest BCUT2D eigenvalue weighted by molar-refractivity contribution is 5.27. The van der Waals surface area contributed by atoms with Gasteiger partial charge in [-0.05, 0) is 57.4 Å². The summed E-state index contributed by atoms with van der Waals surface area (Å²) in [7, 11) is 0. The number of hydrogen-bond acceptors (Lipinski definition) is 3. The van der Waals surface area contributed by atoms with Gasteiger partial charge in [0, 0.05) is 12.1 Å². The predicted molar refractivity (Wildman–Crippen MR) is 74.9 cm³/mol. The highest BCUT2D eigenvalue weighted by atomic mass is 16.5. The fraction of sp³-hybridized carbons (Fsp3) is 0.600. The number of rotatable bonds is 7. The van der Waals surface area contributed by atoms with Crippen molar-refractivity contribution in [1.82, 2.24) is 5.32 Å². The van der Waals surface area contributed by atoms with Crippen molar-refractivity contribution in [1.29, 1.82) is 0 Å². The minimum atomic E-state index is 0.106. The van der Waals surface area contributed by atoms with Crippen LogP contribution in [0.15, 0.2) is 24.3 Å². The summed E-state index contributed by atoms with van der Waals surface area (Å²) < 4.78 is 5.62. The Morgan fingerprint density at radius 3 is 2.50 bits per heavy atom. The predicted octanol–water partition coefficient (Wildman–Crippen LogP) is 2.10. The van der Waals surface area contributed by atoms with Crippen LogP contribution in [-0.2, 0) is 6.42 Å². The van der Waals surface area contributed by atoms with Crippen LogP contribution >= 0.6 is 0 Å². The van der Waals surface area contributed by atoms with Gasteiger partial charge in [0.15, 0.2) is 0 Å². The van der Waals surface area contributed by atoms with E-state index in [4.69, 9.17) is 10.5 Å². The summed E-state index contributed by atoms with van der Waals surface area (Å²) in [6.07, 6.45) is 3.61. The van der Waals surface area contributed by atoms with Gasteiger partial charge in [0.2, 0.25) is 0 Å². The summed E-state index contributed by atoms with van der Waals surface area (Å²) >= 11 is 0. The second kappa shape index (κ2) is 5.72. The van der Waals surface area contributed by atoms with Crippen molar-refractivity contribution in [2.24, 2.45) is 5.73 Å². The van der Waals surface area contributed by atoms with Gasteiger partial charge in [-0.25, -0.2) is 0 Å². The van der Waals surface area contributed by atoms with Crippen molar-refractivity contribution in [2.75, 3.05) is 13.1 Å². The van der Waals surface area contributed by atoms with E-state index in [0.717, 1.165) is 25.3 Å². The number of hydrogen-bond donors (Lipinski definition) is 2. The summed E-state index contributed by atoms with van der Waals surface area (Å²) in [5.41, 5.74) is 7.45. The third-order valence-electron chi connectivity index (χ3n) is 3.25. The molecule has 0 amide bonds. The minimum absolute atomic E-state index is 0.106. The van der Waals surface area contributed by atoms with Crippen LogP contribution in [0.25, 0.3) is 0 Å². The highest BCUT2D eigenvalue weighted by Gasteiger charge is 2.37. The molecule has 100 valence electrons. The van der Waals surface area contributed by atoms with E-state index in [9.17, 15) is 0 Å². The first-order valence-corrected chi connectivity index (χ1v) is 6.83. The van der Waals surface area contributed by atoms with Gasteiger partial charge in [0.25, 0.3) is 0 Å². The molecule has 3 N–H and O–H groups in total. The van der Waals surface area contributed by atoms with E-state index in [1.807, 2.05) is 26.0 Å². The fourth-order valence-corrected chi connectivity index (χ4v) is 1.91. The molecule has 0 heterocycles. The molecule has 0 aliphatic heterocycles. The van der Waals surface area contributed by atoms with Gasteiger partial charge in [-0.1, -0.05) is 12.1 Å². The second-order valence-corrected chi connectivity index (χ2v) is 5.60. The van der Waals surface area contributed by atoms with E-state index in [0.29, 0.717) is 0 Å². The lowest BCUT2D eigenvalue weighted by atomic mass is 10.1. The quantitative estimate of drug-likeness (QED) is 0.726. The number of nitrogens with two attached hydrogens (primary N) is 1. The Balaban J connectivity index is 1.69. The fourth-order valence-electron chi connectivity index (χ4n) is 1.91. The van der Waals surface area contributed by atoms with E-state index < -0.39 is 0 Å². The molecule has 1 saturated carbocycles. The molecule has 0 atom stereocenters. The van der Waals surface area contributed by atoms with Crippen LogP contribution in [0.5, 0.6) is 5.75 Å². The van der Waals surface area contributed by atoms with E-state index in [-0.39, 0.29) is 11.6 Å². The molecule has 0 spiro atoms. The zero-order chi connectivity index (χ0) is 13.0. The summed E-state index contributed by atoms with van der Waals surface area (Å²) in [5.74, 6) is 0.945. The van der Waals surface area contributed by atoms with Crippen LogP contribution in [-0.4, -0.2) is 24.7 Å². The summed E-state index contributed by atoms with van der Waals surface area (Å²) in [6, 6.07) is 8.35. The average molecular weight is 248 g/mol. The lowest BCUT2D eigenvalue weighted by Crippen LogP contribution is -2.36. The molecule has 1 aliphatic carbocycles. The van der Waals surface area contributed by atoms with Crippen LogP contribution in [0, 0.1) is 0 Å². The Hall–Kier alpha value is -1.06. The Labute approximate surface area is 110 Å². The van der Waals surface area contributed by atoms with Gasteiger partial charge in [-0.15, -0.1) is 0 Å². The number of nitrogens with one attached hydrogen (secondary N) is 1. The Kier molecular flexibility index (Phi) is 4.25. The summed E-state index contributed by atoms with van der Waals surface area (Å²) in [5, 5.41) is 3.43. The molecule has 2 rings (SSSR count). The molecule has 1 aromatic carbocycles. The van der Waals surface area contributed by atoms with Gasteiger partial charge in [0.05, 0.1) is 6.10 Å². The molecule has 0 aromatic heterocycles. The summed E-state index contributed by atoms with van der Waals surface area (Å²) in [4.78, 5) is 0. The van der Waals surface area contributed by atoms with Gasteiger partial charge >= 0.3 is 0 Å². The third-order valence-corrected chi connectivity index (χ3v) is 3.25. The molecule has 0 bridgehead atoms. The molecule has 0 saturated heterocycles. The van der Waals surface area contributed by atoms with Crippen LogP contribution in [0.2, 0.25) is 0 Å². The largest absolute Gasteiger partial charge is 0.491 e. The smallest absolute Gasteiger partial charge is 0.119 e. The zero-order valence-corrected chi connectivity index (χ0v) is 11.4. The van der Waals surface area contributed by atoms with E-state index in [1.165, 1.54) is 18.4 Å². The lowest BCUT2D eigenvalue weighted by Gasteiger charge is -2.11. The van der Waals surface area contributed by atoms with E-state index in [2.05, 4.69) is 17.4 Å². The maximum Gasteiger partial charge on any atom is 0.119 e. The molecule has 0 unspecified atom stereocenters. The number of ether oxygens (including phenoxy) is 1. The van der Waals surface area contributed by atoms with Crippen molar-refractivity contribution >= 4 is 0 Å². The Bertz CT molecular complexity index is 369. The Morgan fingerprint density at radius 1 is 1.28 bits per heavy atom. The standard InChI is InChI=1S/C15H24N2O/c1-12(2)18-14-5-3-13(4-6-14)7-10-17-11-15(16)8-9-15/h3-6,12,17H,7-11,16H2,1-2H3. The molecule has 3 nitrogen and oxygen atoms in total. The van der Waals surface area contributed by atoms with Crippen LogP contribution in [0.4, 0.5) is 0 Å². The molecule has 1 aromatic rings. The topological polar surface area (TPSA) is 47.3 Å². The Morgan fingerprint density at radius 2 is 1.94 bits per heavy atom. The van der Waals surface area contributed by atoms with Crippen LogP contribution in [0.3, 0.4) is 0 Å². The van der Waals surface area contributed by atoms with Crippen LogP contribution < -0.4 is 15.8 Å². The second-order valence-electron chi connectivity index (χ2n) is 5.60. The van der Waals surface area contributed by atoms with E-state index >= 15 is 0 Å². The first-order valence-electron chi connectivity index (χ1n) is 6.83. The maximum absolute atomic E-state index is 6.01. The summed E-state index contributed by atoms with van der Waals surface area (Å²) in [6.45, 7) is 6.02. The molecule has 1 fully saturated rings. The van der Waals surface area contributed by atoms with Crippen molar-refractivity contribution in [3.63, 3.8) is 0 Å². The highest BCUT2D eigenvalue weighted by Crippen LogP contribution is 2.30. The first-order chi connectivity index (χ1) is 8.57. The molecule has 1 aliphatic rings. The van der Waals surface area contributed by atoms with Crippen molar-refractivity contribution in [3.8, 4) is 5.75 Å². The van der Waals surface area contributed by atoms with Gasteiger partial charge in [-0.3, -0.25) is 0 Å². The van der Waals surface area contributed by atoms with E-state index in [1.54, 1.807) is 0 Å². The van der Waals surface area contributed by atoms with Gasteiger partial charge in [0.1, 0.15) is 5.75 Å². The van der Waals surface area contributed by atoms with Crippen molar-refractivity contribution < 1.29 is 4.74 Å². The van der Waals surface area contributed by atoms with Gasteiger partial charge < -0.3 is 15.8 Å². The third kappa shape index (κ3) is 4.31. The first kappa shape index (κ1) is 13.4. The molecular weight excluding hydrogens is 224 g/mol. The molecule has 0 radical (unpaired) electrons. The maximum atomic E-state index is 6.01. The monoisotopic (exact) mass is 248 g/mol. The molecule has 3 heteroatoms. The van der Waals surface area contributed by atoms with Crippen molar-refractivity contribution in [2.45, 2.75) is 44.8 Å². The lowest BCUT2D eigenvalue weighted by molar-refractivity contribution is 0.242. The number of benzene rings is 1. The van der Waals surface area contributed by atoms with Crippen molar-refractivity contribution in [3.05, 3.63) is 29.8 Å². The SMILES string of the molecule is CC(C)Oc1ccc(CCNCC2(N)CC2)cc1. The van der Waals surface area contributed by atoms with Crippen LogP contribution in [0.1, 0.15) is 32.3 Å². The zero-order valence-electron chi connectivity index (χ0n) is 11.4.